The molecule has 0 unspecified atom stereocenters. The van der Waals surface area contributed by atoms with Gasteiger partial charge in [-0.25, -0.2) is 0 Å². The van der Waals surface area contributed by atoms with Crippen LogP contribution in [-0.2, 0) is 13.2 Å². The zero-order chi connectivity index (χ0) is 12.1. The highest BCUT2D eigenvalue weighted by atomic mass is 35.5. The lowest BCUT2D eigenvalue weighted by atomic mass is 10.2. The van der Waals surface area contributed by atoms with Crippen molar-refractivity contribution in [1.82, 2.24) is 0 Å². The summed E-state index contributed by atoms with van der Waals surface area (Å²) in [7, 11) is 0. The van der Waals surface area contributed by atoms with E-state index >= 15 is 0 Å². The summed E-state index contributed by atoms with van der Waals surface area (Å²) in [6.07, 6.45) is 0. The van der Waals surface area contributed by atoms with E-state index in [9.17, 15) is 0 Å². The Bertz CT molecular complexity index is 482. The van der Waals surface area contributed by atoms with Crippen LogP contribution in [0.2, 0.25) is 5.02 Å². The van der Waals surface area contributed by atoms with Crippen molar-refractivity contribution in [2.45, 2.75) is 13.2 Å². The first kappa shape index (κ1) is 12.0. The van der Waals surface area contributed by atoms with Crippen LogP contribution >= 0.6 is 11.6 Å². The second kappa shape index (κ2) is 5.71. The molecule has 0 aliphatic rings. The lowest BCUT2D eigenvalue weighted by molar-refractivity contribution is 0.306. The van der Waals surface area contributed by atoms with E-state index in [0.717, 1.165) is 21.9 Å². The smallest absolute Gasteiger partial charge is 0.119 e. The molecule has 0 saturated carbocycles. The van der Waals surface area contributed by atoms with Crippen molar-refractivity contribution in [2.75, 3.05) is 0 Å². The average molecular weight is 248 g/mol. The lowest BCUT2D eigenvalue weighted by Crippen LogP contribution is -1.97. The van der Waals surface area contributed by atoms with Gasteiger partial charge in [0.15, 0.2) is 0 Å². The molecule has 2 nitrogen and oxygen atoms in total. The van der Waals surface area contributed by atoms with E-state index in [0.29, 0.717) is 13.2 Å². The number of hydrogen-bond donors (Lipinski definition) is 1. The molecule has 17 heavy (non-hydrogen) atoms. The van der Waals surface area contributed by atoms with E-state index in [4.69, 9.17) is 22.1 Å². The van der Waals surface area contributed by atoms with Crippen molar-refractivity contribution in [1.29, 1.82) is 0 Å². The molecule has 0 fully saturated rings. The molecule has 0 atom stereocenters. The highest BCUT2D eigenvalue weighted by Gasteiger charge is 1.97. The van der Waals surface area contributed by atoms with Crippen LogP contribution in [0.3, 0.4) is 0 Å². The number of benzene rings is 2. The molecular weight excluding hydrogens is 234 g/mol. The van der Waals surface area contributed by atoms with Crippen molar-refractivity contribution in [3.05, 3.63) is 64.7 Å². The molecule has 2 aromatic carbocycles. The highest BCUT2D eigenvalue weighted by Crippen LogP contribution is 2.16. The van der Waals surface area contributed by atoms with Gasteiger partial charge < -0.3 is 10.5 Å². The van der Waals surface area contributed by atoms with Crippen molar-refractivity contribution >= 4 is 11.6 Å². The predicted octanol–water partition coefficient (Wildman–Crippen LogP) is 3.38. The van der Waals surface area contributed by atoms with Gasteiger partial charge in [0.2, 0.25) is 0 Å². The molecular formula is C14H14ClNO. The van der Waals surface area contributed by atoms with Crippen LogP contribution in [0.25, 0.3) is 0 Å². The van der Waals surface area contributed by atoms with Crippen LogP contribution in [0.5, 0.6) is 5.75 Å². The minimum absolute atomic E-state index is 0.516. The van der Waals surface area contributed by atoms with Crippen LogP contribution in [0.1, 0.15) is 11.1 Å². The first-order valence-corrected chi connectivity index (χ1v) is 5.82. The summed E-state index contributed by atoms with van der Waals surface area (Å²) >= 11 is 5.90. The fourth-order valence-corrected chi connectivity index (χ4v) is 1.73. The van der Waals surface area contributed by atoms with Crippen LogP contribution in [0, 0.1) is 0 Å². The van der Waals surface area contributed by atoms with Crippen LogP contribution < -0.4 is 10.5 Å². The number of rotatable bonds is 4. The average Bonchev–Trinajstić information content (AvgIpc) is 2.37. The van der Waals surface area contributed by atoms with E-state index in [-0.39, 0.29) is 0 Å². The third kappa shape index (κ3) is 3.48. The Balaban J connectivity index is 1.97. The number of nitrogens with two attached hydrogens (primary N) is 1. The number of hydrogen-bond acceptors (Lipinski definition) is 2. The molecule has 2 aromatic rings. The van der Waals surface area contributed by atoms with Crippen LogP contribution in [0.4, 0.5) is 0 Å². The van der Waals surface area contributed by atoms with Gasteiger partial charge in [-0.15, -0.1) is 0 Å². The Labute approximate surface area is 106 Å². The first-order chi connectivity index (χ1) is 8.28. The van der Waals surface area contributed by atoms with Gasteiger partial charge in [-0.1, -0.05) is 35.9 Å². The third-order valence-corrected chi connectivity index (χ3v) is 2.69. The Hall–Kier alpha value is -1.51. The fourth-order valence-electron chi connectivity index (χ4n) is 1.52. The molecule has 0 heterocycles. The van der Waals surface area contributed by atoms with E-state index in [1.54, 1.807) is 0 Å². The maximum Gasteiger partial charge on any atom is 0.119 e. The molecule has 0 radical (unpaired) electrons. The SMILES string of the molecule is NCc1ccc(OCc2cccc(Cl)c2)cc1. The molecule has 2 N–H and O–H groups in total. The zero-order valence-corrected chi connectivity index (χ0v) is 10.2. The Morgan fingerprint density at radius 1 is 1.00 bits per heavy atom. The third-order valence-electron chi connectivity index (χ3n) is 2.45. The summed E-state index contributed by atoms with van der Waals surface area (Å²) in [5.74, 6) is 0.835. The zero-order valence-electron chi connectivity index (χ0n) is 9.40. The predicted molar refractivity (Wildman–Crippen MR) is 70.1 cm³/mol. The van der Waals surface area contributed by atoms with E-state index in [2.05, 4.69) is 0 Å². The molecule has 88 valence electrons. The Kier molecular flexibility index (Phi) is 4.02. The molecule has 0 aromatic heterocycles. The second-order valence-corrected chi connectivity index (χ2v) is 4.20. The van der Waals surface area contributed by atoms with E-state index in [1.165, 1.54) is 0 Å². The maximum absolute atomic E-state index is 5.90. The molecule has 0 aliphatic carbocycles. The van der Waals surface area contributed by atoms with Crippen molar-refractivity contribution in [3.8, 4) is 5.75 Å². The fraction of sp³-hybridized carbons (Fsp3) is 0.143. The molecule has 2 rings (SSSR count). The van der Waals surface area contributed by atoms with Crippen LogP contribution in [0.15, 0.2) is 48.5 Å². The molecule has 3 heteroatoms. The summed E-state index contributed by atoms with van der Waals surface area (Å²) in [5.41, 5.74) is 7.68. The summed E-state index contributed by atoms with van der Waals surface area (Å²) in [4.78, 5) is 0. The Morgan fingerprint density at radius 3 is 2.41 bits per heavy atom. The molecule has 0 aliphatic heterocycles. The van der Waals surface area contributed by atoms with Gasteiger partial charge in [-0.2, -0.15) is 0 Å². The van der Waals surface area contributed by atoms with Gasteiger partial charge >= 0.3 is 0 Å². The van der Waals surface area contributed by atoms with Gasteiger partial charge in [0.1, 0.15) is 12.4 Å². The van der Waals surface area contributed by atoms with Crippen molar-refractivity contribution in [2.24, 2.45) is 5.73 Å². The van der Waals surface area contributed by atoms with E-state index < -0.39 is 0 Å². The normalized spacial score (nSPS) is 10.2. The van der Waals surface area contributed by atoms with Gasteiger partial charge in [0, 0.05) is 11.6 Å². The first-order valence-electron chi connectivity index (χ1n) is 5.44. The Morgan fingerprint density at radius 2 is 1.76 bits per heavy atom. The van der Waals surface area contributed by atoms with Crippen molar-refractivity contribution in [3.63, 3.8) is 0 Å². The van der Waals surface area contributed by atoms with Gasteiger partial charge in [0.05, 0.1) is 0 Å². The van der Waals surface area contributed by atoms with E-state index in [1.807, 2.05) is 48.5 Å². The summed E-state index contributed by atoms with van der Waals surface area (Å²) in [6.45, 7) is 1.07. The minimum atomic E-state index is 0.516. The molecule has 0 bridgehead atoms. The van der Waals surface area contributed by atoms with Gasteiger partial charge in [0.25, 0.3) is 0 Å². The molecule has 0 saturated heterocycles. The summed E-state index contributed by atoms with van der Waals surface area (Å²) < 4.78 is 5.65. The number of halogens is 1. The largest absolute Gasteiger partial charge is 0.489 e. The topological polar surface area (TPSA) is 35.2 Å². The monoisotopic (exact) mass is 247 g/mol. The molecule has 0 amide bonds. The standard InChI is InChI=1S/C14H14ClNO/c15-13-3-1-2-12(8-13)10-17-14-6-4-11(9-16)5-7-14/h1-8H,9-10,16H2. The highest BCUT2D eigenvalue weighted by molar-refractivity contribution is 6.30. The maximum atomic E-state index is 5.90. The van der Waals surface area contributed by atoms with Crippen molar-refractivity contribution < 1.29 is 4.74 Å². The number of ether oxygens (including phenoxy) is 1. The summed E-state index contributed by atoms with van der Waals surface area (Å²) in [5, 5.41) is 0.726. The summed E-state index contributed by atoms with van der Waals surface area (Å²) in [6, 6.07) is 15.4. The van der Waals surface area contributed by atoms with Gasteiger partial charge in [-0.3, -0.25) is 0 Å². The lowest BCUT2D eigenvalue weighted by Gasteiger charge is -2.07. The minimum Gasteiger partial charge on any atom is -0.489 e. The quantitative estimate of drug-likeness (QED) is 0.899. The van der Waals surface area contributed by atoms with Crippen LogP contribution in [-0.4, -0.2) is 0 Å². The molecule has 0 spiro atoms. The second-order valence-electron chi connectivity index (χ2n) is 3.77. The van der Waals surface area contributed by atoms with Gasteiger partial charge in [-0.05, 0) is 35.4 Å².